The van der Waals surface area contributed by atoms with E-state index < -0.39 is 0 Å². The van der Waals surface area contributed by atoms with Gasteiger partial charge in [-0.05, 0) is 19.5 Å². The van der Waals surface area contributed by atoms with Crippen LogP contribution in [-0.4, -0.2) is 70.1 Å². The SMILES string of the molecule is CCN(CC)Cc1cn(C2CN(C(=O)[C@@H]3C[C@H]3OC)C2)nn1. The van der Waals surface area contributed by atoms with E-state index in [0.29, 0.717) is 0 Å². The minimum atomic E-state index is 0.0833. The first-order chi connectivity index (χ1) is 10.7. The molecule has 7 nitrogen and oxygen atoms in total. The largest absolute Gasteiger partial charge is 0.381 e. The second-order valence-corrected chi connectivity index (χ2v) is 6.16. The van der Waals surface area contributed by atoms with E-state index in [9.17, 15) is 4.79 Å². The molecule has 2 aliphatic rings. The fraction of sp³-hybridized carbons (Fsp3) is 0.800. The van der Waals surface area contributed by atoms with E-state index in [1.54, 1.807) is 7.11 Å². The first-order valence-corrected chi connectivity index (χ1v) is 8.10. The van der Waals surface area contributed by atoms with Crippen LogP contribution in [0.5, 0.6) is 0 Å². The van der Waals surface area contributed by atoms with Crippen molar-refractivity contribution in [1.82, 2.24) is 24.8 Å². The number of amides is 1. The topological polar surface area (TPSA) is 63.5 Å². The van der Waals surface area contributed by atoms with Crippen molar-refractivity contribution in [3.05, 3.63) is 11.9 Å². The summed E-state index contributed by atoms with van der Waals surface area (Å²) in [5, 5.41) is 8.47. The van der Waals surface area contributed by atoms with Crippen LogP contribution in [0.1, 0.15) is 32.0 Å². The lowest BCUT2D eigenvalue weighted by atomic mass is 10.1. The Morgan fingerprint density at radius 1 is 1.41 bits per heavy atom. The molecule has 7 heteroatoms. The summed E-state index contributed by atoms with van der Waals surface area (Å²) in [4.78, 5) is 16.4. The third-order valence-electron chi connectivity index (χ3n) is 4.74. The molecule has 3 rings (SSSR count). The smallest absolute Gasteiger partial charge is 0.228 e. The van der Waals surface area contributed by atoms with Gasteiger partial charge in [-0.1, -0.05) is 19.1 Å². The molecule has 1 aliphatic heterocycles. The molecule has 0 radical (unpaired) electrons. The summed E-state index contributed by atoms with van der Waals surface area (Å²) in [5.41, 5.74) is 0.995. The highest BCUT2D eigenvalue weighted by molar-refractivity contribution is 5.83. The number of rotatable bonds is 7. The van der Waals surface area contributed by atoms with Crippen LogP contribution in [0.25, 0.3) is 0 Å². The van der Waals surface area contributed by atoms with Crippen LogP contribution in [0.2, 0.25) is 0 Å². The summed E-state index contributed by atoms with van der Waals surface area (Å²) < 4.78 is 7.11. The summed E-state index contributed by atoms with van der Waals surface area (Å²) in [6.45, 7) is 8.62. The second-order valence-electron chi connectivity index (χ2n) is 6.16. The van der Waals surface area contributed by atoms with Crippen LogP contribution in [0.15, 0.2) is 6.20 Å². The number of ether oxygens (including phenoxy) is 1. The highest BCUT2D eigenvalue weighted by Gasteiger charge is 2.48. The molecular formula is C15H25N5O2. The van der Waals surface area contributed by atoms with Gasteiger partial charge in [0.15, 0.2) is 0 Å². The fourth-order valence-corrected chi connectivity index (χ4v) is 2.97. The summed E-state index contributed by atoms with van der Waals surface area (Å²) in [6.07, 6.45) is 3.02. The Hall–Kier alpha value is -1.47. The van der Waals surface area contributed by atoms with Gasteiger partial charge in [0.2, 0.25) is 5.91 Å². The molecule has 1 saturated carbocycles. The zero-order valence-corrected chi connectivity index (χ0v) is 13.6. The summed E-state index contributed by atoms with van der Waals surface area (Å²) in [5.74, 6) is 0.312. The van der Waals surface area contributed by atoms with Gasteiger partial charge in [-0.2, -0.15) is 0 Å². The zero-order chi connectivity index (χ0) is 15.7. The van der Waals surface area contributed by atoms with Crippen LogP contribution >= 0.6 is 0 Å². The van der Waals surface area contributed by atoms with Crippen molar-refractivity contribution in [3.8, 4) is 0 Å². The first-order valence-electron chi connectivity index (χ1n) is 8.10. The van der Waals surface area contributed by atoms with Crippen LogP contribution in [0.4, 0.5) is 0 Å². The predicted molar refractivity (Wildman–Crippen MR) is 81.2 cm³/mol. The van der Waals surface area contributed by atoms with Crippen molar-refractivity contribution < 1.29 is 9.53 Å². The number of hydrogen-bond donors (Lipinski definition) is 0. The van der Waals surface area contributed by atoms with Crippen molar-refractivity contribution in [1.29, 1.82) is 0 Å². The first kappa shape index (κ1) is 15.4. The molecule has 2 atom stereocenters. The lowest BCUT2D eigenvalue weighted by Gasteiger charge is -2.39. The average molecular weight is 307 g/mol. The van der Waals surface area contributed by atoms with Gasteiger partial charge >= 0.3 is 0 Å². The van der Waals surface area contributed by atoms with Gasteiger partial charge in [-0.15, -0.1) is 5.10 Å². The highest BCUT2D eigenvalue weighted by atomic mass is 16.5. The lowest BCUT2D eigenvalue weighted by molar-refractivity contribution is -0.139. The molecule has 0 spiro atoms. The molecule has 0 aromatic carbocycles. The zero-order valence-electron chi connectivity index (χ0n) is 13.6. The molecule has 22 heavy (non-hydrogen) atoms. The summed E-state index contributed by atoms with van der Waals surface area (Å²) in [6, 6.07) is 0.265. The number of methoxy groups -OCH3 is 1. The molecule has 0 N–H and O–H groups in total. The van der Waals surface area contributed by atoms with E-state index in [1.807, 2.05) is 15.8 Å². The number of carbonyl (C=O) groups excluding carboxylic acids is 1. The molecule has 1 aromatic rings. The predicted octanol–water partition coefficient (Wildman–Crippen LogP) is 0.538. The molecule has 1 saturated heterocycles. The van der Waals surface area contributed by atoms with Gasteiger partial charge in [0.05, 0.1) is 30.0 Å². The standard InChI is InChI=1S/C15H25N5O2/c1-4-18(5-2)7-11-8-20(17-16-11)12-9-19(10-12)15(21)13-6-14(13)22-3/h8,12-14H,4-7,9-10H2,1-3H3/t13-,14-/m1/s1. The van der Waals surface area contributed by atoms with Gasteiger partial charge < -0.3 is 9.64 Å². The van der Waals surface area contributed by atoms with Crippen LogP contribution < -0.4 is 0 Å². The Morgan fingerprint density at radius 3 is 2.73 bits per heavy atom. The Balaban J connectivity index is 1.49. The Kier molecular flexibility index (Phi) is 4.44. The van der Waals surface area contributed by atoms with E-state index in [-0.39, 0.29) is 24.0 Å². The molecule has 1 aromatic heterocycles. The highest BCUT2D eigenvalue weighted by Crippen LogP contribution is 2.37. The monoisotopic (exact) mass is 307 g/mol. The quantitative estimate of drug-likeness (QED) is 0.735. The minimum absolute atomic E-state index is 0.0833. The van der Waals surface area contributed by atoms with Crippen molar-refractivity contribution >= 4 is 5.91 Å². The summed E-state index contributed by atoms with van der Waals surface area (Å²) in [7, 11) is 1.67. The maximum atomic E-state index is 12.2. The molecular weight excluding hydrogens is 282 g/mol. The second kappa shape index (κ2) is 6.34. The van der Waals surface area contributed by atoms with Gasteiger partial charge in [-0.25, -0.2) is 4.68 Å². The Morgan fingerprint density at radius 2 is 2.14 bits per heavy atom. The number of hydrogen-bond acceptors (Lipinski definition) is 5. The van der Waals surface area contributed by atoms with Crippen LogP contribution in [0.3, 0.4) is 0 Å². The van der Waals surface area contributed by atoms with Crippen molar-refractivity contribution in [2.24, 2.45) is 5.92 Å². The van der Waals surface area contributed by atoms with E-state index in [2.05, 4.69) is 29.1 Å². The number of nitrogens with zero attached hydrogens (tertiary/aromatic N) is 5. The molecule has 2 heterocycles. The molecule has 122 valence electrons. The third kappa shape index (κ3) is 3.01. The van der Waals surface area contributed by atoms with E-state index >= 15 is 0 Å². The number of carbonyl (C=O) groups is 1. The van der Waals surface area contributed by atoms with E-state index in [4.69, 9.17) is 4.74 Å². The molecule has 1 amide bonds. The summed E-state index contributed by atoms with van der Waals surface area (Å²) >= 11 is 0. The van der Waals surface area contributed by atoms with Crippen molar-refractivity contribution in [2.45, 2.75) is 39.0 Å². The molecule has 0 unspecified atom stereocenters. The Bertz CT molecular complexity index is 522. The van der Waals surface area contributed by atoms with Crippen molar-refractivity contribution in [2.75, 3.05) is 33.3 Å². The van der Waals surface area contributed by atoms with Crippen molar-refractivity contribution in [3.63, 3.8) is 0 Å². The van der Waals surface area contributed by atoms with Gasteiger partial charge in [-0.3, -0.25) is 9.69 Å². The normalized spacial score (nSPS) is 24.6. The van der Waals surface area contributed by atoms with Gasteiger partial charge in [0.25, 0.3) is 0 Å². The average Bonchev–Trinajstić information content (AvgIpc) is 3.15. The van der Waals surface area contributed by atoms with Gasteiger partial charge in [0.1, 0.15) is 0 Å². The number of aromatic nitrogens is 3. The fourth-order valence-electron chi connectivity index (χ4n) is 2.97. The maximum absolute atomic E-state index is 12.2. The molecule has 0 bridgehead atoms. The Labute approximate surface area is 131 Å². The molecule has 1 aliphatic carbocycles. The van der Waals surface area contributed by atoms with Crippen LogP contribution in [-0.2, 0) is 16.1 Å². The third-order valence-corrected chi connectivity index (χ3v) is 4.74. The maximum Gasteiger partial charge on any atom is 0.228 e. The van der Waals surface area contributed by atoms with Crippen LogP contribution in [0, 0.1) is 5.92 Å². The number of likely N-dealkylation sites (tertiary alicyclic amines) is 1. The molecule has 2 fully saturated rings. The lowest BCUT2D eigenvalue weighted by Crippen LogP contribution is -2.51. The van der Waals surface area contributed by atoms with E-state index in [0.717, 1.165) is 44.8 Å². The van der Waals surface area contributed by atoms with Gasteiger partial charge in [0, 0.05) is 26.7 Å². The minimum Gasteiger partial charge on any atom is -0.381 e. The van der Waals surface area contributed by atoms with E-state index in [1.165, 1.54) is 0 Å².